The quantitative estimate of drug-likeness (QED) is 0.353. The molecule has 0 radical (unpaired) electrons. The fourth-order valence-electron chi connectivity index (χ4n) is 1.31. The van der Waals surface area contributed by atoms with Crippen LogP contribution in [0.5, 0.6) is 0 Å². The molecule has 0 aliphatic heterocycles. The van der Waals surface area contributed by atoms with E-state index in [0.29, 0.717) is 13.2 Å². The first-order valence-corrected chi connectivity index (χ1v) is 7.44. The summed E-state index contributed by atoms with van der Waals surface area (Å²) >= 11 is 11.1. The van der Waals surface area contributed by atoms with E-state index in [0.717, 1.165) is 32.1 Å². The summed E-state index contributed by atoms with van der Waals surface area (Å²) in [5.41, 5.74) is 0. The van der Waals surface area contributed by atoms with Gasteiger partial charge in [-0.25, -0.2) is 0 Å². The molecule has 0 aromatic carbocycles. The van der Waals surface area contributed by atoms with Crippen molar-refractivity contribution >= 4 is 35.1 Å². The third-order valence-electron chi connectivity index (χ3n) is 2.43. The van der Waals surface area contributed by atoms with E-state index in [1.165, 1.54) is 0 Å². The SMILES string of the molecule is CC(Cl)C(=O)OCCCCCCCOC(=O)C(C)Cl. The first-order valence-electron chi connectivity index (χ1n) is 6.56. The summed E-state index contributed by atoms with van der Waals surface area (Å²) < 4.78 is 9.87. The molecule has 0 saturated carbocycles. The van der Waals surface area contributed by atoms with Crippen LogP contribution in [0, 0.1) is 0 Å². The van der Waals surface area contributed by atoms with Gasteiger partial charge in [0.15, 0.2) is 0 Å². The first-order chi connectivity index (χ1) is 8.95. The molecule has 0 fully saturated rings. The molecule has 6 heteroatoms. The Morgan fingerprint density at radius 2 is 1.11 bits per heavy atom. The van der Waals surface area contributed by atoms with Gasteiger partial charge in [0.1, 0.15) is 10.8 Å². The Labute approximate surface area is 124 Å². The molecule has 112 valence electrons. The van der Waals surface area contributed by atoms with E-state index in [1.54, 1.807) is 13.8 Å². The standard InChI is InChI=1S/C13H22Cl2O4/c1-10(14)12(16)18-8-6-4-3-5-7-9-19-13(17)11(2)15/h10-11H,3-9H2,1-2H3. The first kappa shape index (κ1) is 18.5. The summed E-state index contributed by atoms with van der Waals surface area (Å²) in [4.78, 5) is 22.0. The molecule has 0 rings (SSSR count). The second-order valence-electron chi connectivity index (χ2n) is 4.33. The average molecular weight is 313 g/mol. The van der Waals surface area contributed by atoms with Crippen molar-refractivity contribution in [1.82, 2.24) is 0 Å². The molecule has 2 atom stereocenters. The largest absolute Gasteiger partial charge is 0.465 e. The lowest BCUT2D eigenvalue weighted by molar-refractivity contribution is -0.143. The minimum absolute atomic E-state index is 0.372. The van der Waals surface area contributed by atoms with Gasteiger partial charge in [0.25, 0.3) is 0 Å². The topological polar surface area (TPSA) is 52.6 Å². The minimum Gasteiger partial charge on any atom is -0.465 e. The zero-order valence-corrected chi connectivity index (χ0v) is 13.0. The van der Waals surface area contributed by atoms with E-state index < -0.39 is 10.8 Å². The average Bonchev–Trinajstić information content (AvgIpc) is 2.35. The lowest BCUT2D eigenvalue weighted by Crippen LogP contribution is -2.15. The summed E-state index contributed by atoms with van der Waals surface area (Å²) in [7, 11) is 0. The number of carbonyl (C=O) groups is 2. The molecule has 4 nitrogen and oxygen atoms in total. The number of ether oxygens (including phenoxy) is 2. The number of unbranched alkanes of at least 4 members (excludes halogenated alkanes) is 4. The molecule has 0 N–H and O–H groups in total. The van der Waals surface area contributed by atoms with Crippen LogP contribution in [0.4, 0.5) is 0 Å². The number of esters is 2. The Balaban J connectivity index is 3.24. The number of hydrogen-bond acceptors (Lipinski definition) is 4. The highest BCUT2D eigenvalue weighted by atomic mass is 35.5. The van der Waals surface area contributed by atoms with Gasteiger partial charge < -0.3 is 9.47 Å². The molecule has 2 unspecified atom stereocenters. The van der Waals surface area contributed by atoms with Crippen LogP contribution in [0.3, 0.4) is 0 Å². The van der Waals surface area contributed by atoms with Gasteiger partial charge in [-0.05, 0) is 26.7 Å². The lowest BCUT2D eigenvalue weighted by atomic mass is 10.1. The fourth-order valence-corrected chi connectivity index (χ4v) is 1.44. The van der Waals surface area contributed by atoms with Crippen LogP contribution >= 0.6 is 23.2 Å². The second-order valence-corrected chi connectivity index (χ2v) is 5.64. The third kappa shape index (κ3) is 11.1. The maximum Gasteiger partial charge on any atom is 0.323 e. The summed E-state index contributed by atoms with van der Waals surface area (Å²) in [5.74, 6) is -0.743. The summed E-state index contributed by atoms with van der Waals surface area (Å²) in [6.07, 6.45) is 4.62. The van der Waals surface area contributed by atoms with Gasteiger partial charge in [0, 0.05) is 0 Å². The van der Waals surface area contributed by atoms with Crippen LogP contribution in [-0.4, -0.2) is 35.9 Å². The van der Waals surface area contributed by atoms with Gasteiger partial charge in [-0.15, -0.1) is 23.2 Å². The van der Waals surface area contributed by atoms with Crippen LogP contribution in [0.25, 0.3) is 0 Å². The minimum atomic E-state index is -0.584. The van der Waals surface area contributed by atoms with E-state index in [1.807, 2.05) is 0 Å². The lowest BCUT2D eigenvalue weighted by Gasteiger charge is -2.07. The molecule has 0 heterocycles. The van der Waals surface area contributed by atoms with Crippen molar-refractivity contribution in [3.8, 4) is 0 Å². The Morgan fingerprint density at radius 1 is 0.789 bits per heavy atom. The summed E-state index contributed by atoms with van der Waals surface area (Å²) in [6.45, 7) is 4.00. The van der Waals surface area contributed by atoms with Crippen molar-refractivity contribution in [2.75, 3.05) is 13.2 Å². The van der Waals surface area contributed by atoms with Gasteiger partial charge in [0.2, 0.25) is 0 Å². The number of alkyl halides is 2. The highest BCUT2D eigenvalue weighted by molar-refractivity contribution is 6.29. The van der Waals surface area contributed by atoms with Crippen LogP contribution < -0.4 is 0 Å². The van der Waals surface area contributed by atoms with E-state index in [2.05, 4.69) is 0 Å². The summed E-state index contributed by atoms with van der Waals surface area (Å²) in [5, 5.41) is -1.17. The predicted molar refractivity (Wildman–Crippen MR) is 75.6 cm³/mol. The van der Waals surface area contributed by atoms with Crippen molar-refractivity contribution in [3.05, 3.63) is 0 Å². The molecule has 0 saturated heterocycles. The van der Waals surface area contributed by atoms with E-state index in [-0.39, 0.29) is 11.9 Å². The molecule has 0 bridgehead atoms. The Bertz CT molecular complexity index is 241. The molecular formula is C13H22Cl2O4. The molecule has 0 spiro atoms. The van der Waals surface area contributed by atoms with Gasteiger partial charge in [-0.1, -0.05) is 19.3 Å². The van der Waals surface area contributed by atoms with E-state index >= 15 is 0 Å². The number of halogens is 2. The van der Waals surface area contributed by atoms with Crippen molar-refractivity contribution in [2.45, 2.75) is 56.7 Å². The van der Waals surface area contributed by atoms with Crippen molar-refractivity contribution in [3.63, 3.8) is 0 Å². The fraction of sp³-hybridized carbons (Fsp3) is 0.846. The van der Waals surface area contributed by atoms with Crippen molar-refractivity contribution < 1.29 is 19.1 Å². The third-order valence-corrected chi connectivity index (χ3v) is 2.78. The van der Waals surface area contributed by atoms with E-state index in [4.69, 9.17) is 32.7 Å². The highest BCUT2D eigenvalue weighted by Crippen LogP contribution is 2.06. The monoisotopic (exact) mass is 312 g/mol. The number of hydrogen-bond donors (Lipinski definition) is 0. The molecule has 0 aliphatic rings. The maximum atomic E-state index is 11.0. The maximum absolute atomic E-state index is 11.0. The Hall–Kier alpha value is -0.480. The van der Waals surface area contributed by atoms with Crippen LogP contribution in [0.15, 0.2) is 0 Å². The molecule has 0 aromatic rings. The highest BCUT2D eigenvalue weighted by Gasteiger charge is 2.10. The second kappa shape index (κ2) is 11.4. The van der Waals surface area contributed by atoms with Gasteiger partial charge in [-0.3, -0.25) is 9.59 Å². The zero-order valence-electron chi connectivity index (χ0n) is 11.5. The normalized spacial score (nSPS) is 13.7. The Morgan fingerprint density at radius 3 is 1.42 bits per heavy atom. The van der Waals surface area contributed by atoms with Crippen molar-refractivity contribution in [2.24, 2.45) is 0 Å². The van der Waals surface area contributed by atoms with E-state index in [9.17, 15) is 9.59 Å². The number of rotatable bonds is 10. The van der Waals surface area contributed by atoms with Crippen molar-refractivity contribution in [1.29, 1.82) is 0 Å². The predicted octanol–water partition coefficient (Wildman–Crippen LogP) is 3.28. The molecule has 19 heavy (non-hydrogen) atoms. The molecule has 0 aromatic heterocycles. The zero-order chi connectivity index (χ0) is 14.7. The van der Waals surface area contributed by atoms with Crippen LogP contribution in [-0.2, 0) is 19.1 Å². The molecule has 0 amide bonds. The summed E-state index contributed by atoms with van der Waals surface area (Å²) in [6, 6.07) is 0. The Kier molecular flexibility index (Phi) is 11.1. The smallest absolute Gasteiger partial charge is 0.323 e. The van der Waals surface area contributed by atoms with Gasteiger partial charge in [-0.2, -0.15) is 0 Å². The van der Waals surface area contributed by atoms with Crippen LogP contribution in [0.2, 0.25) is 0 Å². The molecular weight excluding hydrogens is 291 g/mol. The van der Waals surface area contributed by atoms with Gasteiger partial charge in [0.05, 0.1) is 13.2 Å². The van der Waals surface area contributed by atoms with Crippen LogP contribution in [0.1, 0.15) is 46.0 Å². The molecule has 0 aliphatic carbocycles. The number of carbonyl (C=O) groups excluding carboxylic acids is 2. The van der Waals surface area contributed by atoms with Gasteiger partial charge >= 0.3 is 11.9 Å².